The number of carbonyl (C=O) groups excluding carboxylic acids is 1. The van der Waals surface area contributed by atoms with Gasteiger partial charge in [-0.3, -0.25) is 9.69 Å². The molecule has 1 saturated heterocycles. The number of rotatable bonds is 1. The van der Waals surface area contributed by atoms with Crippen molar-refractivity contribution < 1.29 is 4.79 Å². The monoisotopic (exact) mass is 183 g/mol. The van der Waals surface area contributed by atoms with Crippen molar-refractivity contribution in [2.75, 3.05) is 13.1 Å². The minimum absolute atomic E-state index is 0.342. The summed E-state index contributed by atoms with van der Waals surface area (Å²) in [6.45, 7) is 10.9. The number of ketones is 1. The highest BCUT2D eigenvalue weighted by molar-refractivity contribution is 5.79. The third-order valence-corrected chi connectivity index (χ3v) is 2.50. The van der Waals surface area contributed by atoms with Crippen LogP contribution in [0.2, 0.25) is 0 Å². The smallest absolute Gasteiger partial charge is 0.135 e. The number of Topliss-reactive ketones (excluding diaryl/α,β-unsaturated/α-hetero) is 1. The Hall–Kier alpha value is -0.370. The zero-order valence-corrected chi connectivity index (χ0v) is 9.26. The summed E-state index contributed by atoms with van der Waals surface area (Å²) in [5.41, 5.74) is 0.342. The molecule has 0 radical (unpaired) electrons. The first-order valence-corrected chi connectivity index (χ1v) is 5.14. The number of carbonyl (C=O) groups is 1. The van der Waals surface area contributed by atoms with Gasteiger partial charge in [0.1, 0.15) is 5.78 Å². The quantitative estimate of drug-likeness (QED) is 0.620. The third kappa shape index (κ3) is 3.47. The minimum Gasteiger partial charge on any atom is -0.300 e. The summed E-state index contributed by atoms with van der Waals surface area (Å²) in [4.78, 5) is 13.6. The number of piperidine rings is 1. The van der Waals surface area contributed by atoms with E-state index in [0.717, 1.165) is 25.9 Å². The average Bonchev–Trinajstić information content (AvgIpc) is 1.93. The van der Waals surface area contributed by atoms with Crippen LogP contribution in [-0.2, 0) is 4.79 Å². The summed E-state index contributed by atoms with van der Waals surface area (Å²) in [5, 5.41) is 0. The van der Waals surface area contributed by atoms with Crippen molar-refractivity contribution in [2.24, 2.45) is 5.41 Å². The first-order chi connectivity index (χ1) is 5.88. The van der Waals surface area contributed by atoms with Crippen molar-refractivity contribution in [3.63, 3.8) is 0 Å². The number of hydrogen-bond donors (Lipinski definition) is 0. The molecule has 0 aromatic rings. The second-order valence-electron chi connectivity index (χ2n) is 5.37. The fourth-order valence-corrected chi connectivity index (χ4v) is 1.89. The third-order valence-electron chi connectivity index (χ3n) is 2.50. The fourth-order valence-electron chi connectivity index (χ4n) is 1.89. The zero-order valence-electron chi connectivity index (χ0n) is 9.26. The molecule has 1 atom stereocenters. The van der Waals surface area contributed by atoms with Gasteiger partial charge in [-0.1, -0.05) is 20.8 Å². The van der Waals surface area contributed by atoms with Gasteiger partial charge >= 0.3 is 0 Å². The maximum atomic E-state index is 11.2. The van der Waals surface area contributed by atoms with Gasteiger partial charge in [0.2, 0.25) is 0 Å². The molecule has 1 unspecified atom stereocenters. The van der Waals surface area contributed by atoms with E-state index in [9.17, 15) is 4.79 Å². The van der Waals surface area contributed by atoms with Gasteiger partial charge in [0.15, 0.2) is 0 Å². The largest absolute Gasteiger partial charge is 0.300 e. The van der Waals surface area contributed by atoms with E-state index in [0.29, 0.717) is 17.2 Å². The van der Waals surface area contributed by atoms with Crippen molar-refractivity contribution >= 4 is 5.78 Å². The first-order valence-electron chi connectivity index (χ1n) is 5.14. The van der Waals surface area contributed by atoms with E-state index in [4.69, 9.17) is 0 Å². The average molecular weight is 183 g/mol. The van der Waals surface area contributed by atoms with E-state index in [2.05, 4.69) is 32.6 Å². The van der Waals surface area contributed by atoms with Gasteiger partial charge in [0.05, 0.1) is 0 Å². The van der Waals surface area contributed by atoms with Crippen LogP contribution in [0.3, 0.4) is 0 Å². The van der Waals surface area contributed by atoms with E-state index in [1.807, 2.05) is 0 Å². The maximum Gasteiger partial charge on any atom is 0.135 e. The van der Waals surface area contributed by atoms with E-state index in [1.54, 1.807) is 0 Å². The lowest BCUT2D eigenvalue weighted by atomic mass is 9.93. The summed E-state index contributed by atoms with van der Waals surface area (Å²) in [5.74, 6) is 0.428. The van der Waals surface area contributed by atoms with Crippen LogP contribution in [0.15, 0.2) is 0 Å². The first kappa shape index (κ1) is 10.7. The molecule has 0 aromatic heterocycles. The van der Waals surface area contributed by atoms with Crippen LogP contribution in [-0.4, -0.2) is 29.8 Å². The van der Waals surface area contributed by atoms with E-state index in [-0.39, 0.29) is 0 Å². The normalized spacial score (nSPS) is 26.5. The molecular weight excluding hydrogens is 162 g/mol. The minimum atomic E-state index is 0.342. The Kier molecular flexibility index (Phi) is 3.12. The molecule has 2 nitrogen and oxygen atoms in total. The molecule has 1 fully saturated rings. The van der Waals surface area contributed by atoms with Crippen LogP contribution < -0.4 is 0 Å². The molecule has 0 spiro atoms. The molecule has 0 bridgehead atoms. The number of nitrogens with zero attached hydrogens (tertiary/aromatic N) is 1. The van der Waals surface area contributed by atoms with E-state index < -0.39 is 0 Å². The standard InChI is InChI=1S/C11H21NO/c1-9-7-10(13)5-6-12(9)8-11(2,3)4/h9H,5-8H2,1-4H3. The summed E-state index contributed by atoms with van der Waals surface area (Å²) < 4.78 is 0. The Bertz CT molecular complexity index is 193. The molecule has 2 heteroatoms. The topological polar surface area (TPSA) is 20.3 Å². The summed E-state index contributed by atoms with van der Waals surface area (Å²) in [7, 11) is 0. The molecule has 1 aliphatic heterocycles. The lowest BCUT2D eigenvalue weighted by Gasteiger charge is -2.37. The Labute approximate surface area is 81.3 Å². The molecule has 13 heavy (non-hydrogen) atoms. The second kappa shape index (κ2) is 3.79. The van der Waals surface area contributed by atoms with Crippen molar-refractivity contribution in [2.45, 2.75) is 46.6 Å². The highest BCUT2D eigenvalue weighted by Gasteiger charge is 2.26. The Morgan fingerprint density at radius 3 is 2.54 bits per heavy atom. The van der Waals surface area contributed by atoms with Crippen LogP contribution >= 0.6 is 0 Å². The molecule has 1 heterocycles. The molecule has 1 aliphatic rings. The maximum absolute atomic E-state index is 11.2. The lowest BCUT2D eigenvalue weighted by Crippen LogP contribution is -2.44. The van der Waals surface area contributed by atoms with Gasteiger partial charge in [0, 0.05) is 32.0 Å². The lowest BCUT2D eigenvalue weighted by molar-refractivity contribution is -0.123. The Morgan fingerprint density at radius 1 is 1.46 bits per heavy atom. The van der Waals surface area contributed by atoms with Crippen LogP contribution in [0.4, 0.5) is 0 Å². The van der Waals surface area contributed by atoms with Gasteiger partial charge in [0.25, 0.3) is 0 Å². The number of hydrogen-bond acceptors (Lipinski definition) is 2. The highest BCUT2D eigenvalue weighted by atomic mass is 16.1. The Balaban J connectivity index is 2.47. The Morgan fingerprint density at radius 2 is 2.08 bits per heavy atom. The van der Waals surface area contributed by atoms with Crippen LogP contribution in [0, 0.1) is 5.41 Å². The van der Waals surface area contributed by atoms with Gasteiger partial charge in [-0.05, 0) is 12.3 Å². The summed E-state index contributed by atoms with van der Waals surface area (Å²) in [6, 6.07) is 0.445. The predicted molar refractivity (Wildman–Crippen MR) is 54.7 cm³/mol. The number of likely N-dealkylation sites (tertiary alicyclic amines) is 1. The van der Waals surface area contributed by atoms with Crippen LogP contribution in [0.5, 0.6) is 0 Å². The summed E-state index contributed by atoms with van der Waals surface area (Å²) >= 11 is 0. The highest BCUT2D eigenvalue weighted by Crippen LogP contribution is 2.21. The zero-order chi connectivity index (χ0) is 10.1. The van der Waals surface area contributed by atoms with Gasteiger partial charge in [-0.2, -0.15) is 0 Å². The van der Waals surface area contributed by atoms with Crippen LogP contribution in [0.1, 0.15) is 40.5 Å². The molecule has 76 valence electrons. The van der Waals surface area contributed by atoms with E-state index >= 15 is 0 Å². The fraction of sp³-hybridized carbons (Fsp3) is 0.909. The van der Waals surface area contributed by atoms with Crippen molar-refractivity contribution in [1.82, 2.24) is 4.90 Å². The van der Waals surface area contributed by atoms with Crippen molar-refractivity contribution in [1.29, 1.82) is 0 Å². The molecule has 0 saturated carbocycles. The SMILES string of the molecule is CC1CC(=O)CCN1CC(C)(C)C. The molecule has 0 amide bonds. The van der Waals surface area contributed by atoms with Crippen LogP contribution in [0.25, 0.3) is 0 Å². The molecular formula is C11H21NO. The van der Waals surface area contributed by atoms with Gasteiger partial charge < -0.3 is 0 Å². The van der Waals surface area contributed by atoms with Gasteiger partial charge in [-0.25, -0.2) is 0 Å². The summed E-state index contributed by atoms with van der Waals surface area (Å²) in [6.07, 6.45) is 1.50. The van der Waals surface area contributed by atoms with Crippen molar-refractivity contribution in [3.8, 4) is 0 Å². The molecule has 0 N–H and O–H groups in total. The van der Waals surface area contributed by atoms with Crippen molar-refractivity contribution in [3.05, 3.63) is 0 Å². The predicted octanol–water partition coefficient (Wildman–Crippen LogP) is 2.09. The molecule has 0 aliphatic carbocycles. The molecule has 1 rings (SSSR count). The van der Waals surface area contributed by atoms with E-state index in [1.165, 1.54) is 0 Å². The van der Waals surface area contributed by atoms with Gasteiger partial charge in [-0.15, -0.1) is 0 Å². The second-order valence-corrected chi connectivity index (χ2v) is 5.37. The molecule has 0 aromatic carbocycles.